The lowest BCUT2D eigenvalue weighted by molar-refractivity contribution is -0.120. The van der Waals surface area contributed by atoms with E-state index in [-0.39, 0.29) is 11.9 Å². The molecule has 0 aliphatic carbocycles. The number of aromatic nitrogens is 4. The van der Waals surface area contributed by atoms with Gasteiger partial charge in [0.05, 0.1) is 5.69 Å². The molecule has 1 heterocycles. The van der Waals surface area contributed by atoms with Crippen molar-refractivity contribution in [2.75, 3.05) is 13.6 Å². The Morgan fingerprint density at radius 2 is 2.30 bits per heavy atom. The highest BCUT2D eigenvalue weighted by atomic mass is 16.1. The summed E-state index contributed by atoms with van der Waals surface area (Å²) < 4.78 is 1.61. The van der Waals surface area contributed by atoms with Crippen LogP contribution in [-0.2, 0) is 4.79 Å². The number of carbonyl (C=O) groups excluding carboxylic acids is 1. The molecular weight excluding hydrogens is 256 g/mol. The van der Waals surface area contributed by atoms with Crippen molar-refractivity contribution in [2.45, 2.75) is 19.4 Å². The van der Waals surface area contributed by atoms with E-state index < -0.39 is 0 Å². The fraction of sp³-hybridized carbons (Fsp3) is 0.385. The Morgan fingerprint density at radius 3 is 3.00 bits per heavy atom. The van der Waals surface area contributed by atoms with E-state index in [0.29, 0.717) is 13.0 Å². The number of hydrogen-bond acceptors (Lipinski definition) is 5. The molecular formula is C13H18N6O. The van der Waals surface area contributed by atoms with Gasteiger partial charge in [0, 0.05) is 26.1 Å². The van der Waals surface area contributed by atoms with Crippen molar-refractivity contribution < 1.29 is 4.79 Å². The van der Waals surface area contributed by atoms with Crippen LogP contribution in [-0.4, -0.2) is 39.7 Å². The molecule has 0 fully saturated rings. The molecule has 7 nitrogen and oxygen atoms in total. The van der Waals surface area contributed by atoms with Crippen molar-refractivity contribution in [1.29, 1.82) is 0 Å². The molecule has 106 valence electrons. The summed E-state index contributed by atoms with van der Waals surface area (Å²) in [5.41, 5.74) is 2.03. The topological polar surface area (TPSA) is 84.7 Å². The third-order valence-electron chi connectivity index (χ3n) is 3.07. The molecule has 0 radical (unpaired) electrons. The predicted octanol–water partition coefficient (Wildman–Crippen LogP) is 0.449. The summed E-state index contributed by atoms with van der Waals surface area (Å²) in [6.45, 7) is 2.69. The summed E-state index contributed by atoms with van der Waals surface area (Å²) in [5, 5.41) is 17.0. The number of hydrogen-bond donors (Lipinski definition) is 2. The third kappa shape index (κ3) is 3.61. The minimum absolute atomic E-state index is 0.0344. The molecule has 0 spiro atoms. The van der Waals surface area contributed by atoms with Gasteiger partial charge >= 0.3 is 0 Å². The lowest BCUT2D eigenvalue weighted by atomic mass is 10.1. The summed E-state index contributed by atoms with van der Waals surface area (Å²) in [4.78, 5) is 11.2. The zero-order valence-corrected chi connectivity index (χ0v) is 11.6. The van der Waals surface area contributed by atoms with E-state index in [2.05, 4.69) is 33.1 Å². The summed E-state index contributed by atoms with van der Waals surface area (Å²) in [6, 6.07) is 8.11. The first-order chi connectivity index (χ1) is 9.70. The minimum Gasteiger partial charge on any atom is -0.359 e. The van der Waals surface area contributed by atoms with Crippen LogP contribution in [0, 0.1) is 0 Å². The average molecular weight is 274 g/mol. The van der Waals surface area contributed by atoms with Crippen molar-refractivity contribution >= 4 is 5.91 Å². The maximum absolute atomic E-state index is 11.2. The lowest BCUT2D eigenvalue weighted by Gasteiger charge is -2.14. The maximum Gasteiger partial charge on any atom is 0.221 e. The first-order valence-electron chi connectivity index (χ1n) is 6.48. The predicted molar refractivity (Wildman–Crippen MR) is 74.3 cm³/mol. The normalized spacial score (nSPS) is 12.1. The monoisotopic (exact) mass is 274 g/mol. The fourth-order valence-electron chi connectivity index (χ4n) is 1.86. The lowest BCUT2D eigenvalue weighted by Crippen LogP contribution is -2.26. The van der Waals surface area contributed by atoms with Gasteiger partial charge in [-0.05, 0) is 35.0 Å². The van der Waals surface area contributed by atoms with Gasteiger partial charge in [0.25, 0.3) is 0 Å². The van der Waals surface area contributed by atoms with Crippen LogP contribution < -0.4 is 10.6 Å². The molecule has 0 bridgehead atoms. The number of benzene rings is 1. The Balaban J connectivity index is 1.98. The van der Waals surface area contributed by atoms with Crippen LogP contribution in [0.4, 0.5) is 0 Å². The molecule has 0 saturated carbocycles. The molecule has 1 aromatic heterocycles. The van der Waals surface area contributed by atoms with Crippen LogP contribution in [0.25, 0.3) is 5.69 Å². The van der Waals surface area contributed by atoms with E-state index in [9.17, 15) is 4.79 Å². The van der Waals surface area contributed by atoms with Gasteiger partial charge in [-0.3, -0.25) is 4.79 Å². The molecule has 1 unspecified atom stereocenters. The minimum atomic E-state index is 0.0344. The van der Waals surface area contributed by atoms with Gasteiger partial charge in [0.1, 0.15) is 6.33 Å². The van der Waals surface area contributed by atoms with Crippen molar-refractivity contribution in [3.8, 4) is 5.69 Å². The van der Waals surface area contributed by atoms with E-state index in [4.69, 9.17) is 0 Å². The van der Waals surface area contributed by atoms with Crippen molar-refractivity contribution in [3.05, 3.63) is 36.2 Å². The quantitative estimate of drug-likeness (QED) is 0.799. The second-order valence-electron chi connectivity index (χ2n) is 4.45. The molecule has 2 aromatic rings. The Hall–Kier alpha value is -2.28. The van der Waals surface area contributed by atoms with E-state index in [0.717, 1.165) is 11.3 Å². The van der Waals surface area contributed by atoms with Gasteiger partial charge in [-0.25, -0.2) is 4.68 Å². The molecule has 0 saturated heterocycles. The average Bonchev–Trinajstić information content (AvgIpc) is 3.01. The molecule has 1 aromatic carbocycles. The SMILES string of the molecule is CNC(=O)CCNC(C)c1cccc(-n2cnnn2)c1. The molecule has 1 atom stereocenters. The highest BCUT2D eigenvalue weighted by Crippen LogP contribution is 2.15. The van der Waals surface area contributed by atoms with Crippen LogP contribution in [0.3, 0.4) is 0 Å². The van der Waals surface area contributed by atoms with Gasteiger partial charge in [-0.2, -0.15) is 0 Å². The number of carbonyl (C=O) groups is 1. The molecule has 2 N–H and O–H groups in total. The van der Waals surface area contributed by atoms with Crippen molar-refractivity contribution in [1.82, 2.24) is 30.8 Å². The Bertz CT molecular complexity index is 554. The molecule has 0 aliphatic heterocycles. The summed E-state index contributed by atoms with van der Waals surface area (Å²) >= 11 is 0. The first-order valence-corrected chi connectivity index (χ1v) is 6.48. The van der Waals surface area contributed by atoms with Gasteiger partial charge in [0.2, 0.25) is 5.91 Å². The highest BCUT2D eigenvalue weighted by molar-refractivity contribution is 5.75. The van der Waals surface area contributed by atoms with Crippen LogP contribution in [0.2, 0.25) is 0 Å². The van der Waals surface area contributed by atoms with Gasteiger partial charge < -0.3 is 10.6 Å². The zero-order valence-electron chi connectivity index (χ0n) is 11.6. The van der Waals surface area contributed by atoms with E-state index in [1.165, 1.54) is 0 Å². The molecule has 2 rings (SSSR count). The van der Waals surface area contributed by atoms with Crippen LogP contribution in [0.15, 0.2) is 30.6 Å². The second-order valence-corrected chi connectivity index (χ2v) is 4.45. The Labute approximate surface area is 117 Å². The van der Waals surface area contributed by atoms with Gasteiger partial charge in [-0.1, -0.05) is 12.1 Å². The summed E-state index contributed by atoms with van der Waals surface area (Å²) in [6.07, 6.45) is 2.02. The molecule has 7 heteroatoms. The van der Waals surface area contributed by atoms with Gasteiger partial charge in [-0.15, -0.1) is 5.10 Å². The standard InChI is InChI=1S/C13H18N6O/c1-10(15-7-6-13(20)14-2)11-4-3-5-12(8-11)19-9-16-17-18-19/h3-5,8-10,15H,6-7H2,1-2H3,(H,14,20). The fourth-order valence-corrected chi connectivity index (χ4v) is 1.86. The Kier molecular flexibility index (Phi) is 4.78. The van der Waals surface area contributed by atoms with Crippen LogP contribution in [0.5, 0.6) is 0 Å². The highest BCUT2D eigenvalue weighted by Gasteiger charge is 2.07. The molecule has 0 aliphatic rings. The Morgan fingerprint density at radius 1 is 1.45 bits per heavy atom. The second kappa shape index (κ2) is 6.76. The van der Waals surface area contributed by atoms with Crippen LogP contribution in [0.1, 0.15) is 24.9 Å². The first kappa shape index (κ1) is 14.1. The van der Waals surface area contributed by atoms with E-state index in [1.54, 1.807) is 18.1 Å². The van der Waals surface area contributed by atoms with E-state index in [1.807, 2.05) is 24.3 Å². The number of amides is 1. The van der Waals surface area contributed by atoms with E-state index >= 15 is 0 Å². The zero-order chi connectivity index (χ0) is 14.4. The number of rotatable bonds is 6. The number of nitrogens with zero attached hydrogens (tertiary/aromatic N) is 4. The molecule has 1 amide bonds. The molecule has 20 heavy (non-hydrogen) atoms. The third-order valence-corrected chi connectivity index (χ3v) is 3.07. The smallest absolute Gasteiger partial charge is 0.221 e. The summed E-state index contributed by atoms with van der Waals surface area (Å²) in [5.74, 6) is 0.0344. The van der Waals surface area contributed by atoms with Crippen LogP contribution >= 0.6 is 0 Å². The van der Waals surface area contributed by atoms with Gasteiger partial charge in [0.15, 0.2) is 0 Å². The number of nitrogens with one attached hydrogen (secondary N) is 2. The summed E-state index contributed by atoms with van der Waals surface area (Å²) in [7, 11) is 1.64. The number of tetrazole rings is 1. The van der Waals surface area contributed by atoms with Crippen molar-refractivity contribution in [3.63, 3.8) is 0 Å². The largest absolute Gasteiger partial charge is 0.359 e. The maximum atomic E-state index is 11.2. The van der Waals surface area contributed by atoms with Crippen molar-refractivity contribution in [2.24, 2.45) is 0 Å².